The van der Waals surface area contributed by atoms with E-state index in [4.69, 9.17) is 13.9 Å². The van der Waals surface area contributed by atoms with Crippen molar-refractivity contribution >= 4 is 35.0 Å². The third-order valence-corrected chi connectivity index (χ3v) is 6.34. The molecule has 7 nitrogen and oxygen atoms in total. The van der Waals surface area contributed by atoms with E-state index in [1.165, 1.54) is 18.0 Å². The number of anilines is 2. The minimum absolute atomic E-state index is 0.219. The van der Waals surface area contributed by atoms with Crippen LogP contribution in [0.4, 0.5) is 11.4 Å². The maximum absolute atomic E-state index is 13.5. The molecule has 0 radical (unpaired) electrons. The van der Waals surface area contributed by atoms with Crippen LogP contribution < -0.4 is 20.1 Å². The first kappa shape index (κ1) is 24.0. The highest BCUT2D eigenvalue weighted by Gasteiger charge is 2.24. The first-order valence-electron chi connectivity index (χ1n) is 10.8. The molecule has 1 heterocycles. The molecule has 178 valence electrons. The Labute approximate surface area is 207 Å². The molecule has 0 saturated carbocycles. The summed E-state index contributed by atoms with van der Waals surface area (Å²) in [5.41, 5.74) is 1.94. The second-order valence-electron chi connectivity index (χ2n) is 7.42. The molecule has 4 aromatic rings. The van der Waals surface area contributed by atoms with Crippen molar-refractivity contribution in [1.82, 2.24) is 0 Å². The average Bonchev–Trinajstić information content (AvgIpc) is 3.43. The topological polar surface area (TPSA) is 89.8 Å². The van der Waals surface area contributed by atoms with E-state index >= 15 is 0 Å². The highest BCUT2D eigenvalue weighted by atomic mass is 32.2. The summed E-state index contributed by atoms with van der Waals surface area (Å²) in [4.78, 5) is 26.7. The lowest BCUT2D eigenvalue weighted by atomic mass is 10.1. The molecule has 35 heavy (non-hydrogen) atoms. The van der Waals surface area contributed by atoms with Crippen molar-refractivity contribution < 1.29 is 23.5 Å². The molecular weight excluding hydrogens is 464 g/mol. The normalized spacial score (nSPS) is 11.4. The van der Waals surface area contributed by atoms with Crippen LogP contribution in [-0.4, -0.2) is 26.0 Å². The zero-order chi connectivity index (χ0) is 24.6. The van der Waals surface area contributed by atoms with Gasteiger partial charge in [0.1, 0.15) is 16.7 Å². The molecule has 0 saturated heterocycles. The van der Waals surface area contributed by atoms with Gasteiger partial charge in [-0.25, -0.2) is 0 Å². The third kappa shape index (κ3) is 6.04. The smallest absolute Gasteiger partial charge is 0.291 e. The number of amides is 2. The Bertz CT molecular complexity index is 1290. The maximum Gasteiger partial charge on any atom is 0.291 e. The molecule has 0 aliphatic carbocycles. The molecule has 0 aliphatic rings. The Kier molecular flexibility index (Phi) is 7.74. The summed E-state index contributed by atoms with van der Waals surface area (Å²) in [5.74, 6) is 0.776. The molecule has 0 aliphatic heterocycles. The van der Waals surface area contributed by atoms with E-state index in [2.05, 4.69) is 10.6 Å². The lowest BCUT2D eigenvalue weighted by molar-refractivity contribution is -0.115. The fraction of sp³-hybridized carbons (Fsp3) is 0.111. The molecule has 4 rings (SSSR count). The van der Waals surface area contributed by atoms with E-state index in [0.29, 0.717) is 22.9 Å². The number of nitrogens with one attached hydrogen (secondary N) is 2. The first-order chi connectivity index (χ1) is 17.1. The number of carbonyl (C=O) groups excluding carboxylic acids is 2. The van der Waals surface area contributed by atoms with Crippen molar-refractivity contribution in [3.05, 3.63) is 103 Å². The van der Waals surface area contributed by atoms with Crippen molar-refractivity contribution in [2.45, 2.75) is 10.1 Å². The Morgan fingerprint density at radius 3 is 2.40 bits per heavy atom. The number of hydrogen-bond acceptors (Lipinski definition) is 6. The zero-order valence-electron chi connectivity index (χ0n) is 19.2. The number of furan rings is 1. The van der Waals surface area contributed by atoms with Gasteiger partial charge in [-0.1, -0.05) is 36.4 Å². The Balaban J connectivity index is 1.58. The third-order valence-electron chi connectivity index (χ3n) is 5.10. The number of carbonyl (C=O) groups is 2. The minimum Gasteiger partial charge on any atom is -0.497 e. The molecule has 1 atom stereocenters. The SMILES string of the molecule is COc1ccc(OC)c(NC(=O)C(Sc2cccc(NC(=O)c3ccco3)c2)c2ccccc2)c1. The minimum atomic E-state index is -0.567. The van der Waals surface area contributed by atoms with Gasteiger partial charge < -0.3 is 24.5 Å². The van der Waals surface area contributed by atoms with Gasteiger partial charge in [0, 0.05) is 16.6 Å². The predicted molar refractivity (Wildman–Crippen MR) is 136 cm³/mol. The molecule has 2 N–H and O–H groups in total. The van der Waals surface area contributed by atoms with E-state index in [0.717, 1.165) is 10.5 Å². The van der Waals surface area contributed by atoms with Crippen molar-refractivity contribution in [3.8, 4) is 11.5 Å². The van der Waals surface area contributed by atoms with E-state index in [-0.39, 0.29) is 17.6 Å². The Morgan fingerprint density at radius 2 is 1.69 bits per heavy atom. The van der Waals surface area contributed by atoms with Gasteiger partial charge in [0.05, 0.1) is 26.2 Å². The Morgan fingerprint density at radius 1 is 0.857 bits per heavy atom. The van der Waals surface area contributed by atoms with Gasteiger partial charge in [-0.3, -0.25) is 9.59 Å². The van der Waals surface area contributed by atoms with Gasteiger partial charge in [0.15, 0.2) is 5.76 Å². The molecule has 2 amide bonds. The molecule has 1 aromatic heterocycles. The molecule has 0 spiro atoms. The maximum atomic E-state index is 13.5. The van der Waals surface area contributed by atoms with Gasteiger partial charge in [-0.05, 0) is 48.0 Å². The summed E-state index contributed by atoms with van der Waals surface area (Å²) in [7, 11) is 3.11. The molecule has 0 fully saturated rings. The monoisotopic (exact) mass is 488 g/mol. The summed E-state index contributed by atoms with van der Waals surface area (Å²) in [6.45, 7) is 0. The lowest BCUT2D eigenvalue weighted by Gasteiger charge is -2.19. The number of hydrogen-bond donors (Lipinski definition) is 2. The van der Waals surface area contributed by atoms with Crippen molar-refractivity contribution in [1.29, 1.82) is 0 Å². The fourth-order valence-electron chi connectivity index (χ4n) is 3.39. The quantitative estimate of drug-likeness (QED) is 0.280. The fourth-order valence-corrected chi connectivity index (χ4v) is 4.48. The molecule has 0 bridgehead atoms. The van der Waals surface area contributed by atoms with E-state index in [1.54, 1.807) is 50.6 Å². The number of ether oxygens (including phenoxy) is 2. The summed E-state index contributed by atoms with van der Waals surface area (Å²) in [6, 6.07) is 25.3. The summed E-state index contributed by atoms with van der Waals surface area (Å²) in [5, 5.41) is 5.22. The zero-order valence-corrected chi connectivity index (χ0v) is 20.0. The average molecular weight is 489 g/mol. The number of methoxy groups -OCH3 is 2. The van der Waals surface area contributed by atoms with Crippen LogP contribution in [0.5, 0.6) is 11.5 Å². The molecule has 3 aromatic carbocycles. The van der Waals surface area contributed by atoms with Crippen molar-refractivity contribution in [2.75, 3.05) is 24.9 Å². The van der Waals surface area contributed by atoms with Gasteiger partial charge >= 0.3 is 0 Å². The highest BCUT2D eigenvalue weighted by Crippen LogP contribution is 2.38. The second-order valence-corrected chi connectivity index (χ2v) is 8.60. The van der Waals surface area contributed by atoms with Crippen LogP contribution in [0.2, 0.25) is 0 Å². The predicted octanol–water partition coefficient (Wildman–Crippen LogP) is 6.02. The number of benzene rings is 3. The van der Waals surface area contributed by atoms with E-state index in [1.807, 2.05) is 48.5 Å². The van der Waals surface area contributed by atoms with Crippen LogP contribution in [0.25, 0.3) is 0 Å². The van der Waals surface area contributed by atoms with Crippen LogP contribution >= 0.6 is 11.8 Å². The molecular formula is C27H24N2O5S. The van der Waals surface area contributed by atoms with Crippen molar-refractivity contribution in [3.63, 3.8) is 0 Å². The van der Waals surface area contributed by atoms with Gasteiger partial charge in [-0.2, -0.15) is 0 Å². The second kappa shape index (κ2) is 11.3. The van der Waals surface area contributed by atoms with E-state index in [9.17, 15) is 9.59 Å². The van der Waals surface area contributed by atoms with E-state index < -0.39 is 5.25 Å². The largest absolute Gasteiger partial charge is 0.497 e. The van der Waals surface area contributed by atoms with Crippen LogP contribution in [-0.2, 0) is 4.79 Å². The summed E-state index contributed by atoms with van der Waals surface area (Å²) in [6.07, 6.45) is 1.45. The number of thioether (sulfide) groups is 1. The molecule has 8 heteroatoms. The van der Waals surface area contributed by atoms with Crippen LogP contribution in [0.1, 0.15) is 21.4 Å². The van der Waals surface area contributed by atoms with Gasteiger partial charge in [0.2, 0.25) is 5.91 Å². The van der Waals surface area contributed by atoms with Crippen LogP contribution in [0.3, 0.4) is 0 Å². The van der Waals surface area contributed by atoms with Gasteiger partial charge in [0.25, 0.3) is 5.91 Å². The highest BCUT2D eigenvalue weighted by molar-refractivity contribution is 8.00. The number of rotatable bonds is 9. The van der Waals surface area contributed by atoms with Gasteiger partial charge in [-0.15, -0.1) is 11.8 Å². The standard InChI is InChI=1S/C27H24N2O5S/c1-32-20-13-14-23(33-2)22(17-20)29-27(31)25(18-8-4-3-5-9-18)35-21-11-6-10-19(16-21)28-26(30)24-12-7-15-34-24/h3-17,25H,1-2H3,(H,28,30)(H,29,31). The Hall–Kier alpha value is -4.17. The summed E-state index contributed by atoms with van der Waals surface area (Å²) < 4.78 is 15.9. The summed E-state index contributed by atoms with van der Waals surface area (Å²) >= 11 is 1.37. The van der Waals surface area contributed by atoms with Crippen LogP contribution in [0, 0.1) is 0 Å². The first-order valence-corrected chi connectivity index (χ1v) is 11.6. The van der Waals surface area contributed by atoms with Crippen LogP contribution in [0.15, 0.2) is 101 Å². The lowest BCUT2D eigenvalue weighted by Crippen LogP contribution is -2.19. The molecule has 1 unspecified atom stereocenters. The van der Waals surface area contributed by atoms with Crippen molar-refractivity contribution in [2.24, 2.45) is 0 Å².